The summed E-state index contributed by atoms with van der Waals surface area (Å²) in [6.45, 7) is 1.70. The van der Waals surface area contributed by atoms with Crippen molar-refractivity contribution < 1.29 is 4.79 Å². The molecule has 1 amide bonds. The summed E-state index contributed by atoms with van der Waals surface area (Å²) in [6.07, 6.45) is 2.56. The molecular weight excluding hydrogens is 314 g/mol. The van der Waals surface area contributed by atoms with Crippen LogP contribution in [0.1, 0.15) is 18.4 Å². The molecule has 98 valence electrons. The highest BCUT2D eigenvalue weighted by Crippen LogP contribution is 2.19. The van der Waals surface area contributed by atoms with Gasteiger partial charge in [-0.05, 0) is 36.5 Å². The second kappa shape index (κ2) is 6.58. The van der Waals surface area contributed by atoms with Gasteiger partial charge in [-0.1, -0.05) is 28.1 Å². The summed E-state index contributed by atoms with van der Waals surface area (Å²) in [5.41, 5.74) is 1.06. The molecule has 0 aliphatic carbocycles. The summed E-state index contributed by atoms with van der Waals surface area (Å²) < 4.78 is 1.02. The van der Waals surface area contributed by atoms with Gasteiger partial charge >= 0.3 is 0 Å². The van der Waals surface area contributed by atoms with Gasteiger partial charge in [0.05, 0.1) is 6.42 Å². The first kappa shape index (κ1) is 13.9. The first-order valence-corrected chi connectivity index (χ1v) is 7.60. The fraction of sp³-hybridized carbons (Fsp3) is 0.500. The van der Waals surface area contributed by atoms with E-state index in [0.717, 1.165) is 36.0 Å². The number of hydrogen-bond acceptors (Lipinski definition) is 1. The molecule has 0 atom stereocenters. The second-order valence-corrected chi connectivity index (χ2v) is 6.01. The SMILES string of the molecule is O=C(Cc1cccc(Br)c1)N1CCC(CCl)CC1. The zero-order chi connectivity index (χ0) is 13.0. The topological polar surface area (TPSA) is 20.3 Å². The number of amides is 1. The molecule has 1 heterocycles. The van der Waals surface area contributed by atoms with Gasteiger partial charge in [-0.15, -0.1) is 11.6 Å². The van der Waals surface area contributed by atoms with Gasteiger partial charge in [-0.3, -0.25) is 4.79 Å². The van der Waals surface area contributed by atoms with Gasteiger partial charge in [0, 0.05) is 23.4 Å². The Morgan fingerprint density at radius 2 is 2.11 bits per heavy atom. The Morgan fingerprint density at radius 1 is 1.39 bits per heavy atom. The van der Waals surface area contributed by atoms with Gasteiger partial charge in [0.15, 0.2) is 0 Å². The number of nitrogens with zero attached hydrogens (tertiary/aromatic N) is 1. The zero-order valence-corrected chi connectivity index (χ0v) is 12.6. The van der Waals surface area contributed by atoms with Crippen LogP contribution in [0.3, 0.4) is 0 Å². The van der Waals surface area contributed by atoms with E-state index < -0.39 is 0 Å². The molecule has 0 radical (unpaired) electrons. The molecule has 0 saturated carbocycles. The number of alkyl halides is 1. The lowest BCUT2D eigenvalue weighted by Gasteiger charge is -2.31. The summed E-state index contributed by atoms with van der Waals surface area (Å²) in [7, 11) is 0. The number of halogens is 2. The minimum absolute atomic E-state index is 0.223. The van der Waals surface area contributed by atoms with E-state index in [-0.39, 0.29) is 5.91 Å². The van der Waals surface area contributed by atoms with Crippen LogP contribution in [0.25, 0.3) is 0 Å². The molecule has 0 aromatic heterocycles. The Hall–Kier alpha value is -0.540. The van der Waals surface area contributed by atoms with E-state index in [0.29, 0.717) is 18.2 Å². The lowest BCUT2D eigenvalue weighted by Crippen LogP contribution is -2.39. The molecule has 0 unspecified atom stereocenters. The van der Waals surface area contributed by atoms with E-state index in [2.05, 4.69) is 15.9 Å². The third-order valence-electron chi connectivity index (χ3n) is 3.43. The van der Waals surface area contributed by atoms with Crippen LogP contribution in [0, 0.1) is 5.92 Å². The molecule has 0 spiro atoms. The van der Waals surface area contributed by atoms with E-state index >= 15 is 0 Å². The summed E-state index contributed by atoms with van der Waals surface area (Å²) in [4.78, 5) is 14.1. The maximum Gasteiger partial charge on any atom is 0.226 e. The third kappa shape index (κ3) is 3.72. The predicted octanol–water partition coefficient (Wildman–Crippen LogP) is 3.47. The van der Waals surface area contributed by atoms with Gasteiger partial charge in [0.1, 0.15) is 0 Å². The van der Waals surface area contributed by atoms with Gasteiger partial charge in [0.2, 0.25) is 5.91 Å². The van der Waals surface area contributed by atoms with Crippen molar-refractivity contribution in [1.29, 1.82) is 0 Å². The van der Waals surface area contributed by atoms with E-state index in [1.807, 2.05) is 29.2 Å². The fourth-order valence-corrected chi connectivity index (χ4v) is 3.03. The van der Waals surface area contributed by atoms with Crippen LogP contribution in [0.4, 0.5) is 0 Å². The monoisotopic (exact) mass is 329 g/mol. The molecule has 1 fully saturated rings. The van der Waals surface area contributed by atoms with E-state index in [1.165, 1.54) is 0 Å². The highest BCUT2D eigenvalue weighted by Gasteiger charge is 2.22. The van der Waals surface area contributed by atoms with Crippen LogP contribution in [-0.2, 0) is 11.2 Å². The molecule has 18 heavy (non-hydrogen) atoms. The Morgan fingerprint density at radius 3 is 2.72 bits per heavy atom. The number of likely N-dealkylation sites (tertiary alicyclic amines) is 1. The van der Waals surface area contributed by atoms with Crippen molar-refractivity contribution in [2.75, 3.05) is 19.0 Å². The first-order chi connectivity index (χ1) is 8.69. The maximum atomic E-state index is 12.2. The van der Waals surface area contributed by atoms with Crippen molar-refractivity contribution in [3.8, 4) is 0 Å². The smallest absolute Gasteiger partial charge is 0.226 e. The highest BCUT2D eigenvalue weighted by molar-refractivity contribution is 9.10. The molecule has 0 N–H and O–H groups in total. The summed E-state index contributed by atoms with van der Waals surface area (Å²) in [6, 6.07) is 7.93. The number of rotatable bonds is 3. The molecule has 4 heteroatoms. The molecule has 1 aliphatic rings. The van der Waals surface area contributed by atoms with Gasteiger partial charge in [-0.25, -0.2) is 0 Å². The minimum atomic E-state index is 0.223. The molecule has 1 aliphatic heterocycles. The van der Waals surface area contributed by atoms with Crippen LogP contribution >= 0.6 is 27.5 Å². The van der Waals surface area contributed by atoms with Crippen molar-refractivity contribution in [1.82, 2.24) is 4.90 Å². The van der Waals surface area contributed by atoms with Crippen molar-refractivity contribution in [3.05, 3.63) is 34.3 Å². The summed E-state index contributed by atoms with van der Waals surface area (Å²) in [5, 5.41) is 0. The van der Waals surface area contributed by atoms with Gasteiger partial charge in [-0.2, -0.15) is 0 Å². The lowest BCUT2D eigenvalue weighted by atomic mass is 9.98. The molecule has 1 aromatic carbocycles. The van der Waals surface area contributed by atoms with Gasteiger partial charge < -0.3 is 4.90 Å². The van der Waals surface area contributed by atoms with E-state index in [4.69, 9.17) is 11.6 Å². The average Bonchev–Trinajstić information content (AvgIpc) is 2.39. The normalized spacial score (nSPS) is 16.9. The molecule has 1 saturated heterocycles. The standard InChI is InChI=1S/C14H17BrClNO/c15-13-3-1-2-12(8-13)9-14(18)17-6-4-11(10-16)5-7-17/h1-3,8,11H,4-7,9-10H2. The largest absolute Gasteiger partial charge is 0.342 e. The predicted molar refractivity (Wildman–Crippen MR) is 77.9 cm³/mol. The Kier molecular flexibility index (Phi) is 5.07. The van der Waals surface area contributed by atoms with Crippen molar-refractivity contribution in [2.24, 2.45) is 5.92 Å². The lowest BCUT2D eigenvalue weighted by molar-refractivity contribution is -0.131. The van der Waals surface area contributed by atoms with Crippen LogP contribution < -0.4 is 0 Å². The second-order valence-electron chi connectivity index (χ2n) is 4.79. The Balaban J connectivity index is 1.89. The van der Waals surface area contributed by atoms with Crippen LogP contribution in [0.2, 0.25) is 0 Å². The van der Waals surface area contributed by atoms with E-state index in [1.54, 1.807) is 0 Å². The molecular formula is C14H17BrClNO. The number of benzene rings is 1. The quantitative estimate of drug-likeness (QED) is 0.777. The van der Waals surface area contributed by atoms with Crippen molar-refractivity contribution in [3.63, 3.8) is 0 Å². The summed E-state index contributed by atoms with van der Waals surface area (Å²) in [5.74, 6) is 1.52. The zero-order valence-electron chi connectivity index (χ0n) is 10.2. The van der Waals surface area contributed by atoms with Crippen molar-refractivity contribution >= 4 is 33.4 Å². The van der Waals surface area contributed by atoms with Crippen molar-refractivity contribution in [2.45, 2.75) is 19.3 Å². The van der Waals surface area contributed by atoms with Crippen LogP contribution in [0.15, 0.2) is 28.7 Å². The molecule has 2 nitrogen and oxygen atoms in total. The summed E-state index contributed by atoms with van der Waals surface area (Å²) >= 11 is 9.27. The van der Waals surface area contributed by atoms with Crippen LogP contribution in [-0.4, -0.2) is 29.8 Å². The number of hydrogen-bond donors (Lipinski definition) is 0. The Bertz CT molecular complexity index is 416. The van der Waals surface area contributed by atoms with Gasteiger partial charge in [0.25, 0.3) is 0 Å². The third-order valence-corrected chi connectivity index (χ3v) is 4.36. The molecule has 1 aromatic rings. The molecule has 0 bridgehead atoms. The fourth-order valence-electron chi connectivity index (χ4n) is 2.27. The average molecular weight is 331 g/mol. The highest BCUT2D eigenvalue weighted by atomic mass is 79.9. The number of carbonyl (C=O) groups excluding carboxylic acids is 1. The Labute approximate surface area is 121 Å². The minimum Gasteiger partial charge on any atom is -0.342 e. The van der Waals surface area contributed by atoms with Crippen LogP contribution in [0.5, 0.6) is 0 Å². The maximum absolute atomic E-state index is 12.2. The number of piperidine rings is 1. The first-order valence-electron chi connectivity index (χ1n) is 6.27. The molecule has 2 rings (SSSR count). The number of carbonyl (C=O) groups is 1. The van der Waals surface area contributed by atoms with E-state index in [9.17, 15) is 4.79 Å².